The van der Waals surface area contributed by atoms with E-state index in [1.807, 2.05) is 0 Å². The Bertz CT molecular complexity index is 340. The van der Waals surface area contributed by atoms with Gasteiger partial charge in [0.2, 0.25) is 10.0 Å². The standard InChI is InChI=1S/C11H24BrNO2SSi/c1-17(2,3)9-8-16(14,15)13-10-11(13)6-4-5-7-12/h11H,4-10H2,1-3H3/t11-,13?/m1/s1. The van der Waals surface area contributed by atoms with Crippen molar-refractivity contribution in [2.75, 3.05) is 17.6 Å². The van der Waals surface area contributed by atoms with Crippen LogP contribution in [0.5, 0.6) is 0 Å². The smallest absolute Gasteiger partial charge is 0.212 e. The van der Waals surface area contributed by atoms with E-state index in [1.54, 1.807) is 4.31 Å². The first-order chi connectivity index (χ1) is 7.76. The minimum absolute atomic E-state index is 0.306. The van der Waals surface area contributed by atoms with E-state index in [1.165, 1.54) is 0 Å². The molecule has 1 aliphatic rings. The maximum atomic E-state index is 12.0. The van der Waals surface area contributed by atoms with Crippen LogP contribution in [0.3, 0.4) is 0 Å². The second-order valence-electron chi connectivity index (χ2n) is 6.03. The minimum Gasteiger partial charge on any atom is -0.212 e. The summed E-state index contributed by atoms with van der Waals surface area (Å²) >= 11 is 3.39. The van der Waals surface area contributed by atoms with Crippen LogP contribution in [0.4, 0.5) is 0 Å². The van der Waals surface area contributed by atoms with Gasteiger partial charge in [-0.05, 0) is 18.9 Å². The first-order valence-corrected chi connectivity index (χ1v) is 12.8. The lowest BCUT2D eigenvalue weighted by atomic mass is 10.2. The number of hydrogen-bond acceptors (Lipinski definition) is 2. The van der Waals surface area contributed by atoms with E-state index in [4.69, 9.17) is 0 Å². The van der Waals surface area contributed by atoms with Crippen LogP contribution >= 0.6 is 15.9 Å². The number of rotatable bonds is 8. The molecule has 3 nitrogen and oxygen atoms in total. The fourth-order valence-corrected chi connectivity index (χ4v) is 6.83. The molecule has 0 aromatic carbocycles. The van der Waals surface area contributed by atoms with E-state index < -0.39 is 18.1 Å². The summed E-state index contributed by atoms with van der Waals surface area (Å²) in [5.74, 6) is 0.359. The van der Waals surface area contributed by atoms with Crippen LogP contribution in [0.15, 0.2) is 0 Å². The van der Waals surface area contributed by atoms with Crippen LogP contribution in [-0.2, 0) is 10.0 Å². The molecule has 1 aliphatic heterocycles. The molecule has 0 aromatic rings. The van der Waals surface area contributed by atoms with E-state index in [-0.39, 0.29) is 0 Å². The molecule has 2 atom stereocenters. The lowest BCUT2D eigenvalue weighted by molar-refractivity contribution is 0.544. The lowest BCUT2D eigenvalue weighted by Crippen LogP contribution is -2.27. The monoisotopic (exact) mass is 341 g/mol. The molecule has 0 amide bonds. The lowest BCUT2D eigenvalue weighted by Gasteiger charge is -2.15. The molecule has 102 valence electrons. The summed E-state index contributed by atoms with van der Waals surface area (Å²) in [5, 5.41) is 1.02. The number of alkyl halides is 1. The Morgan fingerprint density at radius 2 is 1.94 bits per heavy atom. The molecule has 0 spiro atoms. The highest BCUT2D eigenvalue weighted by Crippen LogP contribution is 2.28. The van der Waals surface area contributed by atoms with Crippen LogP contribution in [-0.4, -0.2) is 44.5 Å². The van der Waals surface area contributed by atoms with Crippen molar-refractivity contribution in [3.8, 4) is 0 Å². The van der Waals surface area contributed by atoms with Crippen LogP contribution in [0.25, 0.3) is 0 Å². The van der Waals surface area contributed by atoms with E-state index in [0.29, 0.717) is 11.8 Å². The summed E-state index contributed by atoms with van der Waals surface area (Å²) in [7, 11) is -4.20. The van der Waals surface area contributed by atoms with Gasteiger partial charge in [-0.1, -0.05) is 42.0 Å². The average molecular weight is 342 g/mol. The highest BCUT2D eigenvalue weighted by atomic mass is 79.9. The summed E-state index contributed by atoms with van der Waals surface area (Å²) in [6, 6.07) is 1.18. The molecule has 0 saturated carbocycles. The second kappa shape index (κ2) is 6.17. The number of sulfonamides is 1. The average Bonchev–Trinajstić information content (AvgIpc) is 2.95. The second-order valence-corrected chi connectivity index (χ2v) is 14.5. The predicted octanol–water partition coefficient (Wildman–Crippen LogP) is 2.90. The van der Waals surface area contributed by atoms with E-state index >= 15 is 0 Å². The van der Waals surface area contributed by atoms with Gasteiger partial charge in [-0.3, -0.25) is 0 Å². The third-order valence-corrected chi connectivity index (χ3v) is 7.61. The molecule has 17 heavy (non-hydrogen) atoms. The fraction of sp³-hybridized carbons (Fsp3) is 1.00. The summed E-state index contributed by atoms with van der Waals surface area (Å²) in [5.41, 5.74) is 0. The molecule has 1 fully saturated rings. The normalized spacial score (nSPS) is 24.9. The van der Waals surface area contributed by atoms with Crippen molar-refractivity contribution in [1.29, 1.82) is 0 Å². The molecular weight excluding hydrogens is 318 g/mol. The van der Waals surface area contributed by atoms with Crippen LogP contribution < -0.4 is 0 Å². The van der Waals surface area contributed by atoms with Crippen LogP contribution in [0, 0.1) is 0 Å². The Kier molecular flexibility index (Phi) is 5.68. The molecular formula is C11H24BrNO2SSi. The van der Waals surface area contributed by atoms with Gasteiger partial charge in [0.15, 0.2) is 0 Å². The van der Waals surface area contributed by atoms with E-state index in [0.717, 1.165) is 37.2 Å². The highest BCUT2D eigenvalue weighted by Gasteiger charge is 2.42. The fourth-order valence-electron chi connectivity index (χ4n) is 1.76. The Morgan fingerprint density at radius 3 is 2.47 bits per heavy atom. The molecule has 0 bridgehead atoms. The summed E-state index contributed by atoms with van der Waals surface area (Å²) in [6.45, 7) is 7.42. The van der Waals surface area contributed by atoms with Crippen molar-refractivity contribution in [3.63, 3.8) is 0 Å². The maximum absolute atomic E-state index is 12.0. The maximum Gasteiger partial charge on any atom is 0.214 e. The first-order valence-electron chi connectivity index (χ1n) is 6.32. The number of halogens is 1. The number of hydrogen-bond donors (Lipinski definition) is 0. The van der Waals surface area contributed by atoms with Crippen molar-refractivity contribution in [1.82, 2.24) is 4.31 Å². The van der Waals surface area contributed by atoms with Crippen LogP contribution in [0.1, 0.15) is 19.3 Å². The molecule has 6 heteroatoms. The summed E-state index contributed by atoms with van der Waals surface area (Å²) < 4.78 is 25.7. The molecule has 1 rings (SSSR count). The van der Waals surface area contributed by atoms with Gasteiger partial charge in [-0.15, -0.1) is 0 Å². The van der Waals surface area contributed by atoms with Crippen LogP contribution in [0.2, 0.25) is 25.7 Å². The number of nitrogens with zero attached hydrogens (tertiary/aromatic N) is 1. The Morgan fingerprint density at radius 1 is 1.29 bits per heavy atom. The van der Waals surface area contributed by atoms with Gasteiger partial charge in [0.25, 0.3) is 0 Å². The third-order valence-electron chi connectivity index (χ3n) is 3.05. The largest absolute Gasteiger partial charge is 0.214 e. The van der Waals surface area contributed by atoms with E-state index in [9.17, 15) is 8.42 Å². The van der Waals surface area contributed by atoms with E-state index in [2.05, 4.69) is 35.6 Å². The molecule has 1 saturated heterocycles. The Hall–Kier alpha value is 0.607. The summed E-state index contributed by atoms with van der Waals surface area (Å²) in [6.07, 6.45) is 3.28. The van der Waals surface area contributed by atoms with Crippen molar-refractivity contribution < 1.29 is 8.42 Å². The molecule has 1 unspecified atom stereocenters. The SMILES string of the molecule is C[Si](C)(C)CCS(=O)(=O)N1C[C@H]1CCCCBr. The van der Waals surface area contributed by atoms with Gasteiger partial charge >= 0.3 is 0 Å². The number of unbranched alkanes of at least 4 members (excludes halogenated alkanes) is 1. The van der Waals surface area contributed by atoms with Crippen molar-refractivity contribution in [2.24, 2.45) is 0 Å². The van der Waals surface area contributed by atoms with Crippen molar-refractivity contribution in [2.45, 2.75) is 51.0 Å². The quantitative estimate of drug-likeness (QED) is 0.294. The van der Waals surface area contributed by atoms with Gasteiger partial charge in [0, 0.05) is 26.0 Å². The molecule has 0 N–H and O–H groups in total. The zero-order valence-electron chi connectivity index (χ0n) is 11.1. The topological polar surface area (TPSA) is 37.1 Å². The zero-order valence-corrected chi connectivity index (χ0v) is 14.5. The van der Waals surface area contributed by atoms with Gasteiger partial charge in [0.05, 0.1) is 5.75 Å². The van der Waals surface area contributed by atoms with Crippen molar-refractivity contribution >= 4 is 34.0 Å². The Balaban J connectivity index is 2.31. The molecule has 0 aromatic heterocycles. The molecule has 0 radical (unpaired) electrons. The van der Waals surface area contributed by atoms with Crippen molar-refractivity contribution in [3.05, 3.63) is 0 Å². The van der Waals surface area contributed by atoms with Gasteiger partial charge < -0.3 is 0 Å². The van der Waals surface area contributed by atoms with Gasteiger partial charge in [0.1, 0.15) is 0 Å². The highest BCUT2D eigenvalue weighted by molar-refractivity contribution is 9.09. The van der Waals surface area contributed by atoms with Gasteiger partial charge in [-0.25, -0.2) is 8.42 Å². The first kappa shape index (κ1) is 15.7. The predicted molar refractivity (Wildman–Crippen MR) is 80.1 cm³/mol. The Labute approximate surface area is 115 Å². The minimum atomic E-state index is -2.95. The molecule has 0 aliphatic carbocycles. The third kappa shape index (κ3) is 5.85. The molecule has 1 heterocycles. The zero-order chi connectivity index (χ0) is 13.1. The summed E-state index contributed by atoms with van der Waals surface area (Å²) in [4.78, 5) is 0. The van der Waals surface area contributed by atoms with Gasteiger partial charge in [-0.2, -0.15) is 4.31 Å².